The molecule has 0 saturated carbocycles. The molecule has 0 radical (unpaired) electrons. The van der Waals surface area contributed by atoms with E-state index in [1.807, 2.05) is 6.07 Å². The number of rotatable bonds is 5. The number of nitrogens with zero attached hydrogens (tertiary/aromatic N) is 2. The van der Waals surface area contributed by atoms with Crippen molar-refractivity contribution in [3.05, 3.63) is 88.5 Å². The fourth-order valence-electron chi connectivity index (χ4n) is 3.16. The third-order valence-electron chi connectivity index (χ3n) is 4.56. The average molecular weight is 374 g/mol. The van der Waals surface area contributed by atoms with Crippen LogP contribution in [0.25, 0.3) is 11.8 Å². The molecule has 140 valence electrons. The second-order valence-electron chi connectivity index (χ2n) is 6.34. The van der Waals surface area contributed by atoms with Crippen molar-refractivity contribution < 1.29 is 13.9 Å². The van der Waals surface area contributed by atoms with E-state index < -0.39 is 5.78 Å². The first-order valence-electron chi connectivity index (χ1n) is 8.70. The zero-order chi connectivity index (χ0) is 20.3. The third kappa shape index (κ3) is 3.58. The van der Waals surface area contributed by atoms with Gasteiger partial charge < -0.3 is 9.30 Å². The number of hydrogen-bond acceptors (Lipinski definition) is 3. The van der Waals surface area contributed by atoms with Crippen molar-refractivity contribution >= 4 is 11.9 Å². The van der Waals surface area contributed by atoms with Crippen molar-refractivity contribution in [2.24, 2.45) is 0 Å². The van der Waals surface area contributed by atoms with Crippen molar-refractivity contribution in [1.82, 2.24) is 4.57 Å². The van der Waals surface area contributed by atoms with Crippen LogP contribution in [0.2, 0.25) is 0 Å². The molecule has 2 aromatic carbocycles. The number of benzene rings is 2. The number of carbonyl (C=O) groups excluding carboxylic acids is 1. The lowest BCUT2D eigenvalue weighted by Crippen LogP contribution is -2.06. The van der Waals surface area contributed by atoms with Crippen LogP contribution < -0.4 is 4.74 Å². The molecule has 0 bridgehead atoms. The highest BCUT2D eigenvalue weighted by Crippen LogP contribution is 2.25. The van der Waals surface area contributed by atoms with E-state index in [9.17, 15) is 14.4 Å². The Labute approximate surface area is 163 Å². The summed E-state index contributed by atoms with van der Waals surface area (Å²) in [7, 11) is 1.57. The number of para-hydroxylation sites is 1. The number of ketones is 1. The van der Waals surface area contributed by atoms with E-state index in [1.165, 1.54) is 12.1 Å². The minimum absolute atomic E-state index is 0.0129. The van der Waals surface area contributed by atoms with Crippen molar-refractivity contribution in [3.63, 3.8) is 0 Å². The van der Waals surface area contributed by atoms with Crippen molar-refractivity contribution in [3.8, 4) is 17.5 Å². The number of halogens is 1. The molecule has 5 heteroatoms. The summed E-state index contributed by atoms with van der Waals surface area (Å²) in [4.78, 5) is 13.0. The number of nitriles is 1. The van der Waals surface area contributed by atoms with Gasteiger partial charge in [0.05, 0.1) is 12.8 Å². The fourth-order valence-corrected chi connectivity index (χ4v) is 3.16. The molecule has 28 heavy (non-hydrogen) atoms. The smallest absolute Gasteiger partial charge is 0.205 e. The number of methoxy groups -OCH3 is 1. The monoisotopic (exact) mass is 374 g/mol. The highest BCUT2D eigenvalue weighted by Gasteiger charge is 2.21. The van der Waals surface area contributed by atoms with Gasteiger partial charge in [-0.1, -0.05) is 24.3 Å². The Balaban J connectivity index is 2.02. The minimum atomic E-state index is -0.394. The lowest BCUT2D eigenvalue weighted by molar-refractivity contribution is 0.103. The van der Waals surface area contributed by atoms with Gasteiger partial charge in [-0.15, -0.1) is 0 Å². The minimum Gasteiger partial charge on any atom is -0.497 e. The number of carbonyl (C=O) groups is 1. The first-order valence-corrected chi connectivity index (χ1v) is 8.70. The lowest BCUT2D eigenvalue weighted by atomic mass is 10.0. The lowest BCUT2D eigenvalue weighted by Gasteiger charge is -2.10. The van der Waals surface area contributed by atoms with Gasteiger partial charge in [0.15, 0.2) is 0 Å². The summed E-state index contributed by atoms with van der Waals surface area (Å²) < 4.78 is 21.0. The summed E-state index contributed by atoms with van der Waals surface area (Å²) in [6, 6.07) is 17.1. The van der Waals surface area contributed by atoms with Crippen LogP contribution in [0.4, 0.5) is 4.39 Å². The molecular weight excluding hydrogens is 355 g/mol. The highest BCUT2D eigenvalue weighted by molar-refractivity contribution is 6.14. The van der Waals surface area contributed by atoms with Crippen LogP contribution in [0.5, 0.6) is 5.75 Å². The molecule has 1 heterocycles. The number of hydrogen-bond donors (Lipinski definition) is 0. The molecule has 3 aromatic rings. The van der Waals surface area contributed by atoms with Crippen LogP contribution in [0.3, 0.4) is 0 Å². The summed E-state index contributed by atoms with van der Waals surface area (Å²) in [5.41, 5.74) is 2.78. The fraction of sp³-hybridized carbons (Fsp3) is 0.130. The Hall–Kier alpha value is -3.65. The van der Waals surface area contributed by atoms with Gasteiger partial charge in [-0.2, -0.15) is 5.26 Å². The van der Waals surface area contributed by atoms with Gasteiger partial charge >= 0.3 is 0 Å². The highest BCUT2D eigenvalue weighted by atomic mass is 19.1. The topological polar surface area (TPSA) is 55.0 Å². The molecule has 1 aromatic heterocycles. The molecule has 0 aliphatic carbocycles. The number of aromatic nitrogens is 1. The Bertz CT molecular complexity index is 1100. The second kappa shape index (κ2) is 7.93. The van der Waals surface area contributed by atoms with E-state index in [0.29, 0.717) is 34.0 Å². The third-order valence-corrected chi connectivity index (χ3v) is 4.56. The van der Waals surface area contributed by atoms with E-state index in [4.69, 9.17) is 4.74 Å². The number of aryl methyl sites for hydroxylation is 1. The quantitative estimate of drug-likeness (QED) is 0.357. The molecule has 0 unspecified atom stereocenters. The van der Waals surface area contributed by atoms with Crippen LogP contribution in [-0.4, -0.2) is 17.5 Å². The molecule has 0 saturated heterocycles. The first kappa shape index (κ1) is 19.1. The van der Waals surface area contributed by atoms with Crippen LogP contribution in [0.15, 0.2) is 60.2 Å². The van der Waals surface area contributed by atoms with Crippen LogP contribution >= 0.6 is 0 Å². The molecule has 0 spiro atoms. The molecule has 4 nitrogen and oxygen atoms in total. The Morgan fingerprint density at radius 1 is 1.14 bits per heavy atom. The van der Waals surface area contributed by atoms with Crippen molar-refractivity contribution in [1.29, 1.82) is 5.26 Å². The van der Waals surface area contributed by atoms with E-state index in [0.717, 1.165) is 0 Å². The summed E-state index contributed by atoms with van der Waals surface area (Å²) in [6.45, 7) is 3.55. The van der Waals surface area contributed by atoms with Gasteiger partial charge in [0, 0.05) is 17.0 Å². The molecule has 0 atom stereocenters. The molecule has 0 amide bonds. The maximum absolute atomic E-state index is 14.2. The average Bonchev–Trinajstić information content (AvgIpc) is 3.00. The van der Waals surface area contributed by atoms with Crippen molar-refractivity contribution in [2.75, 3.05) is 7.11 Å². The predicted octanol–water partition coefficient (Wildman–Crippen LogP) is 5.03. The molecular formula is C23H19FN2O2. The van der Waals surface area contributed by atoms with E-state index in [2.05, 4.69) is 0 Å². The van der Waals surface area contributed by atoms with E-state index in [1.54, 1.807) is 74.1 Å². The second-order valence-corrected chi connectivity index (χ2v) is 6.34. The normalized spacial score (nSPS) is 11.2. The standard InChI is InChI=1S/C23H19FN2O2/c1-15-12-20(16(2)26(15)22-7-5-4-6-21(22)24)23(27)18(14-25)13-17-8-10-19(28-3)11-9-17/h4-13H,1-3H3/b18-13+. The van der Waals surface area contributed by atoms with Crippen LogP contribution in [0, 0.1) is 31.0 Å². The molecule has 0 N–H and O–H groups in total. The maximum Gasteiger partial charge on any atom is 0.205 e. The molecule has 3 rings (SSSR count). The summed E-state index contributed by atoms with van der Waals surface area (Å²) in [6.07, 6.45) is 1.54. The first-order chi connectivity index (χ1) is 13.5. The Kier molecular flexibility index (Phi) is 5.42. The van der Waals surface area contributed by atoms with Crippen LogP contribution in [0.1, 0.15) is 27.3 Å². The molecule has 0 aliphatic heterocycles. The number of allylic oxidation sites excluding steroid dienone is 1. The van der Waals surface area contributed by atoms with Gasteiger partial charge in [-0.05, 0) is 55.8 Å². The molecule has 0 fully saturated rings. The zero-order valence-corrected chi connectivity index (χ0v) is 15.9. The molecule has 0 aliphatic rings. The maximum atomic E-state index is 14.2. The van der Waals surface area contributed by atoms with Gasteiger partial charge in [-0.3, -0.25) is 4.79 Å². The summed E-state index contributed by atoms with van der Waals surface area (Å²) in [5.74, 6) is -0.0815. The van der Waals surface area contributed by atoms with Gasteiger partial charge in [0.25, 0.3) is 0 Å². The van der Waals surface area contributed by atoms with Gasteiger partial charge in [-0.25, -0.2) is 4.39 Å². The Morgan fingerprint density at radius 3 is 2.43 bits per heavy atom. The van der Waals surface area contributed by atoms with Crippen LogP contribution in [-0.2, 0) is 0 Å². The number of Topliss-reactive ketones (excluding diaryl/α,β-unsaturated/α-hetero) is 1. The van der Waals surface area contributed by atoms with Gasteiger partial charge in [0.2, 0.25) is 5.78 Å². The summed E-state index contributed by atoms with van der Waals surface area (Å²) >= 11 is 0. The van der Waals surface area contributed by atoms with Gasteiger partial charge in [0.1, 0.15) is 23.2 Å². The largest absolute Gasteiger partial charge is 0.497 e. The zero-order valence-electron chi connectivity index (χ0n) is 15.9. The number of ether oxygens (including phenoxy) is 1. The predicted molar refractivity (Wildman–Crippen MR) is 106 cm³/mol. The summed E-state index contributed by atoms with van der Waals surface area (Å²) in [5, 5.41) is 9.52. The Morgan fingerprint density at radius 2 is 1.82 bits per heavy atom. The van der Waals surface area contributed by atoms with Crippen molar-refractivity contribution in [2.45, 2.75) is 13.8 Å². The van der Waals surface area contributed by atoms with E-state index >= 15 is 0 Å². The van der Waals surface area contributed by atoms with E-state index in [-0.39, 0.29) is 11.4 Å². The SMILES string of the molecule is COc1ccc(/C=C(\C#N)C(=O)c2cc(C)n(-c3ccccc3F)c2C)cc1.